The van der Waals surface area contributed by atoms with Gasteiger partial charge in [0.05, 0.1) is 0 Å². The summed E-state index contributed by atoms with van der Waals surface area (Å²) >= 11 is 0. The lowest BCUT2D eigenvalue weighted by atomic mass is 10.0. The fourth-order valence-corrected chi connectivity index (χ4v) is 9.98. The molecule has 0 bridgehead atoms. The summed E-state index contributed by atoms with van der Waals surface area (Å²) in [6.07, 6.45) is 81.7. The summed E-state index contributed by atoms with van der Waals surface area (Å²) in [5, 5.41) is 0. The highest BCUT2D eigenvalue weighted by Gasteiger charge is 2.19. The van der Waals surface area contributed by atoms with Gasteiger partial charge >= 0.3 is 17.9 Å². The Morgan fingerprint density at radius 3 is 0.750 bits per heavy atom. The van der Waals surface area contributed by atoms with Crippen LogP contribution in [0.1, 0.15) is 361 Å². The average Bonchev–Trinajstić information content (AvgIpc) is 3.42. The van der Waals surface area contributed by atoms with Gasteiger partial charge in [-0.25, -0.2) is 0 Å². The molecule has 0 aliphatic carbocycles. The van der Waals surface area contributed by atoms with Crippen LogP contribution in [0.4, 0.5) is 0 Å². The number of allylic oxidation sites excluding steroid dienone is 8. The molecule has 0 aromatic heterocycles. The lowest BCUT2D eigenvalue weighted by Gasteiger charge is -2.18. The highest BCUT2D eigenvalue weighted by molar-refractivity contribution is 5.71. The van der Waals surface area contributed by atoms with Crippen molar-refractivity contribution in [2.24, 2.45) is 0 Å². The molecule has 0 aromatic carbocycles. The van der Waals surface area contributed by atoms with Gasteiger partial charge in [-0.1, -0.05) is 307 Å². The van der Waals surface area contributed by atoms with E-state index in [1.807, 2.05) is 0 Å². The van der Waals surface area contributed by atoms with E-state index in [2.05, 4.69) is 69.4 Å². The molecular weight excluding hydrogens is 937 g/mol. The van der Waals surface area contributed by atoms with Crippen molar-refractivity contribution in [3.05, 3.63) is 48.6 Å². The third-order valence-corrected chi connectivity index (χ3v) is 15.1. The topological polar surface area (TPSA) is 78.9 Å². The summed E-state index contributed by atoms with van der Waals surface area (Å²) in [4.78, 5) is 38.0. The van der Waals surface area contributed by atoms with E-state index in [0.29, 0.717) is 19.3 Å². The van der Waals surface area contributed by atoms with E-state index in [4.69, 9.17) is 14.2 Å². The van der Waals surface area contributed by atoms with Gasteiger partial charge in [0.2, 0.25) is 0 Å². The van der Waals surface area contributed by atoms with Gasteiger partial charge in [-0.15, -0.1) is 0 Å². The molecule has 6 heteroatoms. The predicted molar refractivity (Wildman–Crippen MR) is 330 cm³/mol. The van der Waals surface area contributed by atoms with E-state index in [1.165, 1.54) is 244 Å². The van der Waals surface area contributed by atoms with Crippen LogP contribution in [0.15, 0.2) is 48.6 Å². The number of esters is 3. The minimum atomic E-state index is -0.773. The van der Waals surface area contributed by atoms with E-state index in [1.54, 1.807) is 0 Å². The van der Waals surface area contributed by atoms with Crippen LogP contribution in [0.25, 0.3) is 0 Å². The summed E-state index contributed by atoms with van der Waals surface area (Å²) in [5.41, 5.74) is 0. The van der Waals surface area contributed by atoms with Crippen molar-refractivity contribution in [1.29, 1.82) is 0 Å². The van der Waals surface area contributed by atoms with Crippen molar-refractivity contribution in [1.82, 2.24) is 0 Å². The summed E-state index contributed by atoms with van der Waals surface area (Å²) in [6, 6.07) is 0. The standard InChI is InChI=1S/C70H128O6/c1-4-7-10-13-16-18-20-22-24-26-28-30-32-33-34-35-36-37-39-40-42-44-46-48-50-52-54-57-60-63-69(72)75-66-67(65-74-68(71)62-59-56-15-12-9-6-3)76-70(73)64-61-58-55-53-51-49-47-45-43-41-38-31-29-27-25-23-21-19-17-14-11-8-5-2/h21,23,26-29,38,41,67H,4-20,22,24-25,30-37,39-40,42-66H2,1-3H3/b23-21-,28-26-,29-27-,41-38-. The van der Waals surface area contributed by atoms with Crippen LogP contribution in [-0.2, 0) is 28.6 Å². The summed E-state index contributed by atoms with van der Waals surface area (Å²) < 4.78 is 16.8. The Morgan fingerprint density at radius 1 is 0.263 bits per heavy atom. The van der Waals surface area contributed by atoms with Gasteiger partial charge in [0.15, 0.2) is 6.10 Å². The van der Waals surface area contributed by atoms with Gasteiger partial charge in [-0.05, 0) is 83.5 Å². The van der Waals surface area contributed by atoms with Crippen molar-refractivity contribution in [2.75, 3.05) is 13.2 Å². The monoisotopic (exact) mass is 1060 g/mol. The van der Waals surface area contributed by atoms with E-state index in [-0.39, 0.29) is 31.1 Å². The van der Waals surface area contributed by atoms with Crippen molar-refractivity contribution in [3.63, 3.8) is 0 Å². The van der Waals surface area contributed by atoms with E-state index < -0.39 is 6.10 Å². The smallest absolute Gasteiger partial charge is 0.306 e. The number of hydrogen-bond acceptors (Lipinski definition) is 6. The van der Waals surface area contributed by atoms with Gasteiger partial charge < -0.3 is 14.2 Å². The highest BCUT2D eigenvalue weighted by Crippen LogP contribution is 2.17. The molecule has 0 aliphatic heterocycles. The first-order chi connectivity index (χ1) is 37.5. The van der Waals surface area contributed by atoms with Gasteiger partial charge in [-0.2, -0.15) is 0 Å². The Balaban J connectivity index is 4.02. The lowest BCUT2D eigenvalue weighted by molar-refractivity contribution is -0.167. The van der Waals surface area contributed by atoms with E-state index in [0.717, 1.165) is 77.0 Å². The number of rotatable bonds is 62. The SMILES string of the molecule is CCCCCCC/C=C\C/C=C\C/C=C\CCCCCCCCCCC(=O)OC(COC(=O)CCCCCCCC)COC(=O)CCCCCCCCCCCCCCCCCCC/C=C\CCCCCCCCCC. The second kappa shape index (κ2) is 64.9. The molecule has 0 N–H and O–H groups in total. The van der Waals surface area contributed by atoms with Crippen LogP contribution >= 0.6 is 0 Å². The second-order valence-electron chi connectivity index (χ2n) is 22.7. The molecule has 1 atom stereocenters. The maximum Gasteiger partial charge on any atom is 0.306 e. The van der Waals surface area contributed by atoms with E-state index in [9.17, 15) is 14.4 Å². The molecule has 76 heavy (non-hydrogen) atoms. The molecule has 0 fully saturated rings. The van der Waals surface area contributed by atoms with Crippen LogP contribution in [0, 0.1) is 0 Å². The number of unbranched alkanes of at least 4 members (excludes halogenated alkanes) is 43. The van der Waals surface area contributed by atoms with Crippen LogP contribution in [0.2, 0.25) is 0 Å². The highest BCUT2D eigenvalue weighted by atomic mass is 16.6. The van der Waals surface area contributed by atoms with Gasteiger partial charge in [0.1, 0.15) is 13.2 Å². The van der Waals surface area contributed by atoms with Crippen LogP contribution in [0.3, 0.4) is 0 Å². The van der Waals surface area contributed by atoms with Crippen molar-refractivity contribution in [3.8, 4) is 0 Å². The van der Waals surface area contributed by atoms with Gasteiger partial charge in [0, 0.05) is 19.3 Å². The third kappa shape index (κ3) is 62.2. The molecule has 6 nitrogen and oxygen atoms in total. The summed E-state index contributed by atoms with van der Waals surface area (Å²) in [7, 11) is 0. The molecule has 0 spiro atoms. The number of carbonyl (C=O) groups is 3. The molecule has 0 rings (SSSR count). The lowest BCUT2D eigenvalue weighted by Crippen LogP contribution is -2.30. The van der Waals surface area contributed by atoms with Crippen LogP contribution < -0.4 is 0 Å². The van der Waals surface area contributed by atoms with Crippen molar-refractivity contribution >= 4 is 17.9 Å². The Morgan fingerprint density at radius 2 is 0.474 bits per heavy atom. The number of carbonyl (C=O) groups excluding carboxylic acids is 3. The van der Waals surface area contributed by atoms with Crippen LogP contribution in [0.5, 0.6) is 0 Å². The molecule has 1 unspecified atom stereocenters. The number of ether oxygens (including phenoxy) is 3. The average molecular weight is 1070 g/mol. The fourth-order valence-electron chi connectivity index (χ4n) is 9.98. The molecule has 0 aliphatic rings. The molecule has 0 saturated heterocycles. The predicted octanol–water partition coefficient (Wildman–Crippen LogP) is 22.9. The second-order valence-corrected chi connectivity index (χ2v) is 22.7. The van der Waals surface area contributed by atoms with Crippen LogP contribution in [-0.4, -0.2) is 37.2 Å². The van der Waals surface area contributed by atoms with E-state index >= 15 is 0 Å². The zero-order valence-corrected chi connectivity index (χ0v) is 51.0. The molecule has 444 valence electrons. The molecule has 0 heterocycles. The normalized spacial score (nSPS) is 12.3. The molecule has 0 amide bonds. The van der Waals surface area contributed by atoms with Crippen molar-refractivity contribution in [2.45, 2.75) is 367 Å². The Bertz CT molecular complexity index is 1310. The largest absolute Gasteiger partial charge is 0.462 e. The zero-order valence-electron chi connectivity index (χ0n) is 51.0. The Hall–Kier alpha value is -2.63. The first-order valence-corrected chi connectivity index (χ1v) is 33.6. The minimum absolute atomic E-state index is 0.0728. The quantitative estimate of drug-likeness (QED) is 0.0261. The number of hydrogen-bond donors (Lipinski definition) is 0. The summed E-state index contributed by atoms with van der Waals surface area (Å²) in [5.74, 6) is -0.871. The van der Waals surface area contributed by atoms with Gasteiger partial charge in [0.25, 0.3) is 0 Å². The molecule has 0 saturated carbocycles. The summed E-state index contributed by atoms with van der Waals surface area (Å²) in [6.45, 7) is 6.61. The molecule has 0 radical (unpaired) electrons. The third-order valence-electron chi connectivity index (χ3n) is 15.1. The molecule has 0 aromatic rings. The van der Waals surface area contributed by atoms with Gasteiger partial charge in [-0.3, -0.25) is 14.4 Å². The van der Waals surface area contributed by atoms with Crippen molar-refractivity contribution < 1.29 is 28.6 Å². The Kier molecular flexibility index (Phi) is 62.6. The maximum absolute atomic E-state index is 12.9. The Labute approximate surface area is 473 Å². The first-order valence-electron chi connectivity index (χ1n) is 33.6. The minimum Gasteiger partial charge on any atom is -0.462 e. The fraction of sp³-hybridized carbons (Fsp3) is 0.843. The zero-order chi connectivity index (χ0) is 55.0. The molecular formula is C70H128O6. The first kappa shape index (κ1) is 73.4. The maximum atomic E-state index is 12.9.